The van der Waals surface area contributed by atoms with Gasteiger partial charge in [-0.3, -0.25) is 9.79 Å². The Bertz CT molecular complexity index is 554. The highest BCUT2D eigenvalue weighted by molar-refractivity contribution is 5.80. The SMILES string of the molecule is CCNC(=NCCC(=O)OC)N1CCN(c2ccc(F)cc2)CC1. The number of methoxy groups -OCH3 is 1. The number of carbonyl (C=O) groups is 1. The molecule has 1 aliphatic heterocycles. The first-order valence-corrected chi connectivity index (χ1v) is 8.24. The number of nitrogens with zero attached hydrogens (tertiary/aromatic N) is 3. The van der Waals surface area contributed by atoms with Gasteiger partial charge in [0.1, 0.15) is 5.82 Å². The van der Waals surface area contributed by atoms with Gasteiger partial charge < -0.3 is 19.9 Å². The number of nitrogens with one attached hydrogen (secondary N) is 1. The Morgan fingerprint density at radius 1 is 1.25 bits per heavy atom. The number of guanidine groups is 1. The molecular formula is C17H25FN4O2. The van der Waals surface area contributed by atoms with E-state index in [2.05, 4.69) is 24.8 Å². The van der Waals surface area contributed by atoms with Crippen molar-refractivity contribution in [3.05, 3.63) is 30.1 Å². The van der Waals surface area contributed by atoms with Gasteiger partial charge in [-0.05, 0) is 31.2 Å². The predicted molar refractivity (Wildman–Crippen MR) is 92.8 cm³/mol. The van der Waals surface area contributed by atoms with Gasteiger partial charge in [0.05, 0.1) is 20.1 Å². The van der Waals surface area contributed by atoms with Crippen LogP contribution in [0.5, 0.6) is 0 Å². The molecule has 0 amide bonds. The maximum absolute atomic E-state index is 13.0. The quantitative estimate of drug-likeness (QED) is 0.501. The highest BCUT2D eigenvalue weighted by Gasteiger charge is 2.19. The summed E-state index contributed by atoms with van der Waals surface area (Å²) in [5.74, 6) is 0.348. The van der Waals surface area contributed by atoms with Crippen LogP contribution in [0.15, 0.2) is 29.3 Å². The fraction of sp³-hybridized carbons (Fsp3) is 0.529. The number of rotatable bonds is 5. The average Bonchev–Trinajstić information content (AvgIpc) is 2.61. The Morgan fingerprint density at radius 2 is 1.92 bits per heavy atom. The van der Waals surface area contributed by atoms with Gasteiger partial charge >= 0.3 is 5.97 Å². The van der Waals surface area contributed by atoms with Gasteiger partial charge in [0.2, 0.25) is 0 Å². The fourth-order valence-electron chi connectivity index (χ4n) is 2.61. The molecule has 0 aliphatic carbocycles. The van der Waals surface area contributed by atoms with E-state index in [0.29, 0.717) is 6.54 Å². The van der Waals surface area contributed by atoms with Crippen LogP contribution in [0.3, 0.4) is 0 Å². The third-order valence-electron chi connectivity index (χ3n) is 3.91. The molecule has 1 saturated heterocycles. The molecule has 1 aromatic carbocycles. The maximum atomic E-state index is 13.0. The Hall–Kier alpha value is -2.31. The molecule has 1 heterocycles. The van der Waals surface area contributed by atoms with Crippen LogP contribution in [0.25, 0.3) is 0 Å². The van der Waals surface area contributed by atoms with E-state index < -0.39 is 0 Å². The first-order valence-electron chi connectivity index (χ1n) is 8.24. The molecule has 132 valence electrons. The molecular weight excluding hydrogens is 311 g/mol. The zero-order valence-corrected chi connectivity index (χ0v) is 14.3. The first kappa shape index (κ1) is 18.0. The molecule has 0 atom stereocenters. The molecule has 6 nitrogen and oxygen atoms in total. The predicted octanol–water partition coefficient (Wildman–Crippen LogP) is 1.48. The monoisotopic (exact) mass is 336 g/mol. The molecule has 0 spiro atoms. The summed E-state index contributed by atoms with van der Waals surface area (Å²) in [6, 6.07) is 6.58. The largest absolute Gasteiger partial charge is 0.469 e. The highest BCUT2D eigenvalue weighted by atomic mass is 19.1. The Kier molecular flexibility index (Phi) is 6.84. The van der Waals surface area contributed by atoms with Crippen molar-refractivity contribution in [2.45, 2.75) is 13.3 Å². The Balaban J connectivity index is 1.90. The summed E-state index contributed by atoms with van der Waals surface area (Å²) in [7, 11) is 1.38. The van der Waals surface area contributed by atoms with Crippen LogP contribution in [0, 0.1) is 5.82 Å². The molecule has 1 aromatic rings. The van der Waals surface area contributed by atoms with Crippen LogP contribution >= 0.6 is 0 Å². The Labute approximate surface area is 142 Å². The summed E-state index contributed by atoms with van der Waals surface area (Å²) in [6.45, 7) is 6.52. The van der Waals surface area contributed by atoms with E-state index in [-0.39, 0.29) is 18.2 Å². The second kappa shape index (κ2) is 9.10. The summed E-state index contributed by atoms with van der Waals surface area (Å²) in [6.07, 6.45) is 0.279. The van der Waals surface area contributed by atoms with Gasteiger partial charge in [-0.25, -0.2) is 4.39 Å². The lowest BCUT2D eigenvalue weighted by Crippen LogP contribution is -2.52. The Morgan fingerprint density at radius 3 is 2.50 bits per heavy atom. The summed E-state index contributed by atoms with van der Waals surface area (Å²) >= 11 is 0. The average molecular weight is 336 g/mol. The molecule has 1 fully saturated rings. The summed E-state index contributed by atoms with van der Waals surface area (Å²) in [4.78, 5) is 20.1. The van der Waals surface area contributed by atoms with Gasteiger partial charge in [0.25, 0.3) is 0 Å². The first-order chi connectivity index (χ1) is 11.6. The van der Waals surface area contributed by atoms with Crippen molar-refractivity contribution >= 4 is 17.6 Å². The van der Waals surface area contributed by atoms with Crippen molar-refractivity contribution < 1.29 is 13.9 Å². The molecule has 0 radical (unpaired) electrons. The number of anilines is 1. The number of hydrogen-bond acceptors (Lipinski definition) is 4. The lowest BCUT2D eigenvalue weighted by molar-refractivity contribution is -0.140. The molecule has 7 heteroatoms. The second-order valence-corrected chi connectivity index (χ2v) is 5.51. The number of aliphatic imine (C=N–C) groups is 1. The van der Waals surface area contributed by atoms with Gasteiger partial charge in [-0.15, -0.1) is 0 Å². The molecule has 1 aliphatic rings. The lowest BCUT2D eigenvalue weighted by Gasteiger charge is -2.37. The van der Waals surface area contributed by atoms with Crippen molar-refractivity contribution in [1.29, 1.82) is 0 Å². The number of halogens is 1. The minimum atomic E-state index is -0.254. The van der Waals surface area contributed by atoms with Crippen LogP contribution in [0.1, 0.15) is 13.3 Å². The molecule has 24 heavy (non-hydrogen) atoms. The normalized spacial score (nSPS) is 15.4. The van der Waals surface area contributed by atoms with Gasteiger partial charge in [-0.2, -0.15) is 0 Å². The molecule has 0 saturated carbocycles. The number of esters is 1. The topological polar surface area (TPSA) is 57.2 Å². The van der Waals surface area contributed by atoms with Crippen molar-refractivity contribution in [3.8, 4) is 0 Å². The van der Waals surface area contributed by atoms with E-state index in [9.17, 15) is 9.18 Å². The molecule has 0 bridgehead atoms. The molecule has 0 aromatic heterocycles. The second-order valence-electron chi connectivity index (χ2n) is 5.51. The highest BCUT2D eigenvalue weighted by Crippen LogP contribution is 2.16. The van der Waals surface area contributed by atoms with Crippen molar-refractivity contribution in [2.75, 3.05) is 51.3 Å². The van der Waals surface area contributed by atoms with Crippen molar-refractivity contribution in [3.63, 3.8) is 0 Å². The van der Waals surface area contributed by atoms with E-state index in [4.69, 9.17) is 0 Å². The molecule has 2 rings (SSSR count). The van der Waals surface area contributed by atoms with E-state index in [1.165, 1.54) is 19.2 Å². The number of carbonyl (C=O) groups excluding carboxylic acids is 1. The van der Waals surface area contributed by atoms with Gasteiger partial charge in [0.15, 0.2) is 5.96 Å². The van der Waals surface area contributed by atoms with Crippen LogP contribution in [-0.2, 0) is 9.53 Å². The van der Waals surface area contributed by atoms with Crippen LogP contribution < -0.4 is 10.2 Å². The minimum absolute atomic E-state index is 0.218. The maximum Gasteiger partial charge on any atom is 0.307 e. The fourth-order valence-corrected chi connectivity index (χ4v) is 2.61. The number of ether oxygens (including phenoxy) is 1. The number of hydrogen-bond donors (Lipinski definition) is 1. The van der Waals surface area contributed by atoms with Crippen LogP contribution in [0.2, 0.25) is 0 Å². The van der Waals surface area contributed by atoms with E-state index in [1.807, 2.05) is 6.92 Å². The summed E-state index contributed by atoms with van der Waals surface area (Å²) in [5.41, 5.74) is 1.03. The lowest BCUT2D eigenvalue weighted by atomic mass is 10.2. The summed E-state index contributed by atoms with van der Waals surface area (Å²) in [5, 5.41) is 3.26. The standard InChI is InChI=1S/C17H25FN4O2/c1-3-19-17(20-9-8-16(23)24-2)22-12-10-21(11-13-22)15-6-4-14(18)5-7-15/h4-7H,3,8-13H2,1-2H3,(H,19,20). The molecule has 1 N–H and O–H groups in total. The summed E-state index contributed by atoms with van der Waals surface area (Å²) < 4.78 is 17.7. The zero-order valence-electron chi connectivity index (χ0n) is 14.3. The number of piperazine rings is 1. The minimum Gasteiger partial charge on any atom is -0.469 e. The van der Waals surface area contributed by atoms with E-state index in [0.717, 1.165) is 44.4 Å². The zero-order chi connectivity index (χ0) is 17.4. The van der Waals surface area contributed by atoms with Crippen LogP contribution in [0.4, 0.5) is 10.1 Å². The van der Waals surface area contributed by atoms with Crippen LogP contribution in [-0.4, -0.2) is 63.2 Å². The smallest absolute Gasteiger partial charge is 0.307 e. The van der Waals surface area contributed by atoms with Crippen molar-refractivity contribution in [1.82, 2.24) is 10.2 Å². The van der Waals surface area contributed by atoms with Crippen molar-refractivity contribution in [2.24, 2.45) is 4.99 Å². The van der Waals surface area contributed by atoms with Gasteiger partial charge in [0, 0.05) is 38.4 Å². The van der Waals surface area contributed by atoms with E-state index >= 15 is 0 Å². The van der Waals surface area contributed by atoms with Gasteiger partial charge in [-0.1, -0.05) is 0 Å². The third-order valence-corrected chi connectivity index (χ3v) is 3.91. The third kappa shape index (κ3) is 5.11. The molecule has 0 unspecified atom stereocenters. The van der Waals surface area contributed by atoms with E-state index in [1.54, 1.807) is 12.1 Å². The number of benzene rings is 1.